The summed E-state index contributed by atoms with van der Waals surface area (Å²) in [5.74, 6) is -4.59. The summed E-state index contributed by atoms with van der Waals surface area (Å²) in [6, 6.07) is 11.1. The van der Waals surface area contributed by atoms with Crippen LogP contribution in [0.5, 0.6) is 0 Å². The monoisotopic (exact) mass is 525 g/mol. The first-order chi connectivity index (χ1) is 17.3. The standard InChI is InChI=1S/C25H21F6N3O3/c1-2-34-13-17(9-15-5-3-7-19(11-15)32-22(36)24(26,27)28)21(35)18(14-34)10-16-6-4-8-20(12-16)33-23(37)25(29,30)31/h3-12H,2,13-14H2,1H3,(H,32,36)(H,33,37). The lowest BCUT2D eigenvalue weighted by molar-refractivity contribution is -0.167. The van der Waals surface area contributed by atoms with Crippen molar-refractivity contribution in [2.24, 2.45) is 0 Å². The van der Waals surface area contributed by atoms with Gasteiger partial charge < -0.3 is 10.6 Å². The Balaban J connectivity index is 1.87. The van der Waals surface area contributed by atoms with E-state index in [9.17, 15) is 40.7 Å². The molecule has 6 nitrogen and oxygen atoms in total. The highest BCUT2D eigenvalue weighted by Gasteiger charge is 2.39. The number of carbonyl (C=O) groups excluding carboxylic acids is 3. The molecule has 2 aromatic rings. The Kier molecular flexibility index (Phi) is 8.22. The largest absolute Gasteiger partial charge is 0.471 e. The van der Waals surface area contributed by atoms with E-state index in [-0.39, 0.29) is 30.2 Å². The van der Waals surface area contributed by atoms with Crippen molar-refractivity contribution in [1.82, 2.24) is 4.90 Å². The second-order valence-corrected chi connectivity index (χ2v) is 8.13. The van der Waals surface area contributed by atoms with Crippen LogP contribution in [0.1, 0.15) is 18.1 Å². The zero-order valence-electron chi connectivity index (χ0n) is 19.3. The molecule has 2 N–H and O–H groups in total. The summed E-state index contributed by atoms with van der Waals surface area (Å²) >= 11 is 0. The van der Waals surface area contributed by atoms with Gasteiger partial charge in [-0.05, 0) is 54.1 Å². The molecule has 0 saturated carbocycles. The fourth-order valence-corrected chi connectivity index (χ4v) is 3.55. The molecule has 2 aromatic carbocycles. The fourth-order valence-electron chi connectivity index (χ4n) is 3.55. The van der Waals surface area contributed by atoms with Gasteiger partial charge in [-0.3, -0.25) is 19.3 Å². The molecule has 12 heteroatoms. The van der Waals surface area contributed by atoms with E-state index >= 15 is 0 Å². The summed E-state index contributed by atoms with van der Waals surface area (Å²) in [5, 5.41) is 3.52. The molecule has 2 amide bonds. The number of likely N-dealkylation sites (N-methyl/N-ethyl adjacent to an activating group) is 1. The molecule has 0 spiro atoms. The predicted molar refractivity (Wildman–Crippen MR) is 125 cm³/mol. The van der Waals surface area contributed by atoms with Crippen molar-refractivity contribution in [2.45, 2.75) is 19.3 Å². The SMILES string of the molecule is CCN1CC(=Cc2cccc(NC(=O)C(F)(F)F)c2)C(=O)C(=Cc2cccc(NC(=O)C(F)(F)F)c2)C1. The molecule has 1 saturated heterocycles. The van der Waals surface area contributed by atoms with Gasteiger partial charge in [0.2, 0.25) is 0 Å². The summed E-state index contributed by atoms with van der Waals surface area (Å²) in [6.45, 7) is 2.94. The predicted octanol–water partition coefficient (Wildman–Crippen LogP) is 5.06. The fraction of sp³-hybridized carbons (Fsp3) is 0.240. The van der Waals surface area contributed by atoms with Crippen molar-refractivity contribution in [3.05, 3.63) is 70.8 Å². The molecule has 0 unspecified atom stereocenters. The van der Waals surface area contributed by atoms with Crippen LogP contribution in [-0.2, 0) is 14.4 Å². The number of amides is 2. The van der Waals surface area contributed by atoms with E-state index in [2.05, 4.69) is 0 Å². The highest BCUT2D eigenvalue weighted by Crippen LogP contribution is 2.25. The molecule has 0 radical (unpaired) electrons. The van der Waals surface area contributed by atoms with E-state index in [0.717, 1.165) is 0 Å². The molecule has 3 rings (SSSR count). The maximum atomic E-state index is 13.2. The van der Waals surface area contributed by atoms with Gasteiger partial charge in [0, 0.05) is 35.6 Å². The minimum Gasteiger partial charge on any atom is -0.318 e. The zero-order valence-corrected chi connectivity index (χ0v) is 19.3. The number of piperidine rings is 1. The molecule has 0 bridgehead atoms. The molecular weight excluding hydrogens is 504 g/mol. The van der Waals surface area contributed by atoms with Crippen LogP contribution in [0, 0.1) is 0 Å². The number of nitrogens with one attached hydrogen (secondary N) is 2. The molecule has 1 heterocycles. The van der Waals surface area contributed by atoms with Crippen LogP contribution in [0.4, 0.5) is 37.7 Å². The Morgan fingerprint density at radius 3 is 1.57 bits per heavy atom. The van der Waals surface area contributed by atoms with E-state index in [4.69, 9.17) is 0 Å². The van der Waals surface area contributed by atoms with E-state index < -0.39 is 24.2 Å². The van der Waals surface area contributed by atoms with Gasteiger partial charge in [-0.25, -0.2) is 0 Å². The third-order valence-electron chi connectivity index (χ3n) is 5.30. The molecular formula is C25H21F6N3O3. The summed E-state index contributed by atoms with van der Waals surface area (Å²) in [7, 11) is 0. The summed E-state index contributed by atoms with van der Waals surface area (Å²) in [6.07, 6.45) is -7.10. The highest BCUT2D eigenvalue weighted by molar-refractivity contribution is 6.14. The van der Waals surface area contributed by atoms with Crippen molar-refractivity contribution in [3.63, 3.8) is 0 Å². The molecule has 196 valence electrons. The third-order valence-corrected chi connectivity index (χ3v) is 5.30. The summed E-state index contributed by atoms with van der Waals surface area (Å²) in [5.41, 5.74) is 1.25. The van der Waals surface area contributed by atoms with Gasteiger partial charge >= 0.3 is 24.2 Å². The van der Waals surface area contributed by atoms with E-state index in [1.165, 1.54) is 48.6 Å². The minimum absolute atomic E-state index is 0.0965. The number of carbonyl (C=O) groups is 3. The van der Waals surface area contributed by atoms with Gasteiger partial charge in [-0.15, -0.1) is 0 Å². The first kappa shape index (κ1) is 27.7. The van der Waals surface area contributed by atoms with Crippen molar-refractivity contribution >= 4 is 41.1 Å². The van der Waals surface area contributed by atoms with Crippen LogP contribution in [0.25, 0.3) is 12.2 Å². The van der Waals surface area contributed by atoms with E-state index in [1.54, 1.807) is 22.8 Å². The van der Waals surface area contributed by atoms with Gasteiger partial charge in [0.05, 0.1) is 0 Å². The Bertz CT molecular complexity index is 1170. The highest BCUT2D eigenvalue weighted by atomic mass is 19.4. The van der Waals surface area contributed by atoms with Crippen LogP contribution in [0.3, 0.4) is 0 Å². The molecule has 0 aromatic heterocycles. The molecule has 0 aliphatic carbocycles. The number of benzene rings is 2. The Morgan fingerprint density at radius 1 is 0.811 bits per heavy atom. The first-order valence-electron chi connectivity index (χ1n) is 10.9. The van der Waals surface area contributed by atoms with E-state index in [0.29, 0.717) is 28.8 Å². The number of Topliss-reactive ketones (excluding diaryl/α,β-unsaturated/α-hetero) is 1. The number of anilines is 2. The number of likely N-dealkylation sites (tertiary alicyclic amines) is 1. The molecule has 37 heavy (non-hydrogen) atoms. The Hall–Kier alpha value is -3.93. The lowest BCUT2D eigenvalue weighted by Gasteiger charge is -2.28. The van der Waals surface area contributed by atoms with Crippen LogP contribution >= 0.6 is 0 Å². The number of halogens is 6. The van der Waals surface area contributed by atoms with Crippen molar-refractivity contribution < 1.29 is 40.7 Å². The van der Waals surface area contributed by atoms with E-state index in [1.807, 2.05) is 11.8 Å². The topological polar surface area (TPSA) is 78.5 Å². The van der Waals surface area contributed by atoms with Crippen LogP contribution in [0.15, 0.2) is 59.7 Å². The lowest BCUT2D eigenvalue weighted by Crippen LogP contribution is -2.37. The third kappa shape index (κ3) is 7.53. The Labute approximate surface area is 207 Å². The van der Waals surface area contributed by atoms with Gasteiger partial charge in [0.15, 0.2) is 5.78 Å². The lowest BCUT2D eigenvalue weighted by atomic mass is 9.94. The second kappa shape index (κ2) is 11.0. The average Bonchev–Trinajstić information content (AvgIpc) is 2.81. The molecule has 0 atom stereocenters. The van der Waals surface area contributed by atoms with Gasteiger partial charge in [-0.2, -0.15) is 26.3 Å². The van der Waals surface area contributed by atoms with Crippen LogP contribution < -0.4 is 10.6 Å². The summed E-state index contributed by atoms with van der Waals surface area (Å²) < 4.78 is 75.3. The van der Waals surface area contributed by atoms with Crippen molar-refractivity contribution in [1.29, 1.82) is 0 Å². The van der Waals surface area contributed by atoms with Gasteiger partial charge in [0.25, 0.3) is 0 Å². The minimum atomic E-state index is -5.05. The maximum absolute atomic E-state index is 13.2. The number of nitrogens with zero attached hydrogens (tertiary/aromatic N) is 1. The summed E-state index contributed by atoms with van der Waals surface area (Å²) in [4.78, 5) is 37.5. The van der Waals surface area contributed by atoms with Gasteiger partial charge in [-0.1, -0.05) is 31.2 Å². The molecule has 1 aliphatic heterocycles. The number of alkyl halides is 6. The molecule has 1 aliphatic rings. The van der Waals surface area contributed by atoms with Crippen molar-refractivity contribution in [3.8, 4) is 0 Å². The van der Waals surface area contributed by atoms with Crippen LogP contribution in [0.2, 0.25) is 0 Å². The Morgan fingerprint density at radius 2 is 1.22 bits per heavy atom. The quantitative estimate of drug-likeness (QED) is 0.423. The maximum Gasteiger partial charge on any atom is 0.471 e. The smallest absolute Gasteiger partial charge is 0.318 e. The first-order valence-corrected chi connectivity index (χ1v) is 10.9. The second-order valence-electron chi connectivity index (χ2n) is 8.13. The number of rotatable bonds is 5. The number of hydrogen-bond donors (Lipinski definition) is 2. The van der Waals surface area contributed by atoms with Crippen molar-refractivity contribution in [2.75, 3.05) is 30.3 Å². The number of hydrogen-bond acceptors (Lipinski definition) is 4. The van der Waals surface area contributed by atoms with Crippen LogP contribution in [-0.4, -0.2) is 54.5 Å². The molecule has 1 fully saturated rings. The zero-order chi connectivity index (χ0) is 27.4. The normalized spacial score (nSPS) is 17.2. The van der Waals surface area contributed by atoms with Gasteiger partial charge in [0.1, 0.15) is 0 Å². The average molecular weight is 525 g/mol. The number of ketones is 1.